The van der Waals surface area contributed by atoms with Crippen molar-refractivity contribution in [1.82, 2.24) is 14.8 Å². The molecule has 0 bridgehead atoms. The van der Waals surface area contributed by atoms with Gasteiger partial charge >= 0.3 is 0 Å². The van der Waals surface area contributed by atoms with E-state index in [1.807, 2.05) is 26.1 Å². The van der Waals surface area contributed by atoms with Crippen molar-refractivity contribution in [2.24, 2.45) is 12.8 Å². The van der Waals surface area contributed by atoms with Gasteiger partial charge in [0.25, 0.3) is 0 Å². The highest BCUT2D eigenvalue weighted by atomic mass is 35.5. The normalized spacial score (nSPS) is 12.4. The van der Waals surface area contributed by atoms with Gasteiger partial charge in [0.05, 0.1) is 23.5 Å². The van der Waals surface area contributed by atoms with E-state index in [4.69, 9.17) is 22.1 Å². The molecule has 0 saturated carbocycles. The number of rotatable bonds is 5. The lowest BCUT2D eigenvalue weighted by molar-refractivity contribution is 0.397. The van der Waals surface area contributed by atoms with E-state index >= 15 is 0 Å². The van der Waals surface area contributed by atoms with Crippen LogP contribution in [-0.2, 0) is 19.9 Å². The molecule has 0 saturated heterocycles. The van der Waals surface area contributed by atoms with Gasteiger partial charge in [0.15, 0.2) is 0 Å². The lowest BCUT2D eigenvalue weighted by atomic mass is 10.0. The van der Waals surface area contributed by atoms with Gasteiger partial charge in [0.1, 0.15) is 0 Å². The number of nitrogens with two attached hydrogens (primary N) is 1. The number of halogens is 1. The zero-order chi connectivity index (χ0) is 14.7. The van der Waals surface area contributed by atoms with Crippen molar-refractivity contribution in [3.05, 3.63) is 40.3 Å². The summed E-state index contributed by atoms with van der Waals surface area (Å²) in [5.74, 6) is 0.604. The highest BCUT2D eigenvalue weighted by Gasteiger charge is 2.15. The molecule has 0 radical (unpaired) electrons. The first-order valence-corrected chi connectivity index (χ1v) is 6.81. The minimum absolute atomic E-state index is 0.0301. The summed E-state index contributed by atoms with van der Waals surface area (Å²) in [4.78, 5) is 4.18. The van der Waals surface area contributed by atoms with Crippen LogP contribution >= 0.6 is 11.6 Å². The molecule has 0 amide bonds. The molecule has 2 heterocycles. The number of aromatic nitrogens is 3. The standard InChI is InChI=1S/C14H19ClN4O/c1-9-14(15)12(19(2)18-9)7-11(16)6-10-4-5-13(20-3)17-8-10/h4-5,8,11H,6-7,16H2,1-3H3. The molecule has 0 spiro atoms. The Bertz CT molecular complexity index is 580. The molecule has 20 heavy (non-hydrogen) atoms. The van der Waals surface area contributed by atoms with Gasteiger partial charge in [-0.25, -0.2) is 4.98 Å². The Morgan fingerprint density at radius 2 is 2.15 bits per heavy atom. The molecule has 0 aliphatic heterocycles. The molecule has 5 nitrogen and oxygen atoms in total. The predicted molar refractivity (Wildman–Crippen MR) is 79.1 cm³/mol. The van der Waals surface area contributed by atoms with Crippen molar-refractivity contribution in [3.8, 4) is 5.88 Å². The maximum atomic E-state index is 6.23. The summed E-state index contributed by atoms with van der Waals surface area (Å²) < 4.78 is 6.83. The molecule has 0 aliphatic rings. The van der Waals surface area contributed by atoms with Gasteiger partial charge in [-0.1, -0.05) is 17.7 Å². The Balaban J connectivity index is 2.02. The van der Waals surface area contributed by atoms with Gasteiger partial charge in [-0.2, -0.15) is 5.10 Å². The number of pyridine rings is 1. The van der Waals surface area contributed by atoms with E-state index < -0.39 is 0 Å². The van der Waals surface area contributed by atoms with Crippen molar-refractivity contribution in [1.29, 1.82) is 0 Å². The first-order valence-electron chi connectivity index (χ1n) is 6.43. The smallest absolute Gasteiger partial charge is 0.212 e. The molecule has 2 aromatic heterocycles. The fourth-order valence-corrected chi connectivity index (χ4v) is 2.41. The van der Waals surface area contributed by atoms with E-state index in [1.165, 1.54) is 0 Å². The highest BCUT2D eigenvalue weighted by molar-refractivity contribution is 6.31. The molecular weight excluding hydrogens is 276 g/mol. The van der Waals surface area contributed by atoms with Crippen LogP contribution in [0.4, 0.5) is 0 Å². The van der Waals surface area contributed by atoms with Crippen LogP contribution in [0.1, 0.15) is 17.0 Å². The monoisotopic (exact) mass is 294 g/mol. The Labute approximate surface area is 123 Å². The largest absolute Gasteiger partial charge is 0.481 e. The summed E-state index contributed by atoms with van der Waals surface area (Å²) >= 11 is 6.23. The SMILES string of the molecule is COc1ccc(CC(N)Cc2c(Cl)c(C)nn2C)cn1. The number of nitrogens with zero attached hydrogens (tertiary/aromatic N) is 3. The van der Waals surface area contributed by atoms with Crippen molar-refractivity contribution in [2.45, 2.75) is 25.8 Å². The molecule has 1 atom stereocenters. The molecule has 2 aromatic rings. The second-order valence-corrected chi connectivity index (χ2v) is 5.22. The Morgan fingerprint density at radius 3 is 2.65 bits per heavy atom. The first kappa shape index (κ1) is 14.8. The molecule has 0 fully saturated rings. The predicted octanol–water partition coefficient (Wildman–Crippen LogP) is 1.90. The third-order valence-electron chi connectivity index (χ3n) is 3.22. The average Bonchev–Trinajstić information content (AvgIpc) is 2.66. The van der Waals surface area contributed by atoms with Gasteiger partial charge in [0, 0.05) is 31.8 Å². The Kier molecular flexibility index (Phi) is 4.62. The molecule has 2 N–H and O–H groups in total. The third kappa shape index (κ3) is 3.29. The van der Waals surface area contributed by atoms with Crippen LogP contribution in [-0.4, -0.2) is 27.9 Å². The third-order valence-corrected chi connectivity index (χ3v) is 3.71. The molecule has 108 valence electrons. The van der Waals surface area contributed by atoms with Crippen LogP contribution in [0, 0.1) is 6.92 Å². The fourth-order valence-electron chi connectivity index (χ4n) is 2.18. The maximum absolute atomic E-state index is 6.23. The topological polar surface area (TPSA) is 66.0 Å². The summed E-state index contributed by atoms with van der Waals surface area (Å²) in [6, 6.07) is 3.78. The lowest BCUT2D eigenvalue weighted by Gasteiger charge is -2.12. The van der Waals surface area contributed by atoms with E-state index in [-0.39, 0.29) is 6.04 Å². The second-order valence-electron chi connectivity index (χ2n) is 4.85. The van der Waals surface area contributed by atoms with Crippen LogP contribution in [0.25, 0.3) is 0 Å². The van der Waals surface area contributed by atoms with E-state index in [2.05, 4.69) is 10.1 Å². The summed E-state index contributed by atoms with van der Waals surface area (Å²) in [5, 5.41) is 5.00. The van der Waals surface area contributed by atoms with Crippen molar-refractivity contribution < 1.29 is 4.74 Å². The number of methoxy groups -OCH3 is 1. The minimum atomic E-state index is -0.0301. The van der Waals surface area contributed by atoms with Crippen LogP contribution < -0.4 is 10.5 Å². The number of hydrogen-bond donors (Lipinski definition) is 1. The van der Waals surface area contributed by atoms with Gasteiger partial charge in [0.2, 0.25) is 5.88 Å². The van der Waals surface area contributed by atoms with Crippen molar-refractivity contribution in [3.63, 3.8) is 0 Å². The second kappa shape index (κ2) is 6.24. The van der Waals surface area contributed by atoms with Crippen LogP contribution in [0.3, 0.4) is 0 Å². The van der Waals surface area contributed by atoms with E-state index in [0.717, 1.165) is 23.4 Å². The van der Waals surface area contributed by atoms with Crippen molar-refractivity contribution >= 4 is 11.6 Å². The average molecular weight is 295 g/mol. The summed E-state index contributed by atoms with van der Waals surface area (Å²) in [7, 11) is 3.48. The van der Waals surface area contributed by atoms with Crippen LogP contribution in [0.15, 0.2) is 18.3 Å². The van der Waals surface area contributed by atoms with Gasteiger partial charge in [-0.3, -0.25) is 4.68 Å². The zero-order valence-corrected chi connectivity index (χ0v) is 12.7. The zero-order valence-electron chi connectivity index (χ0n) is 11.9. The quantitative estimate of drug-likeness (QED) is 0.914. The Morgan fingerprint density at radius 1 is 1.40 bits per heavy atom. The maximum Gasteiger partial charge on any atom is 0.212 e. The summed E-state index contributed by atoms with van der Waals surface area (Å²) in [6.45, 7) is 1.89. The van der Waals surface area contributed by atoms with E-state index in [9.17, 15) is 0 Å². The molecular formula is C14H19ClN4O. The molecule has 2 rings (SSSR count). The number of ether oxygens (including phenoxy) is 1. The van der Waals surface area contributed by atoms with Crippen LogP contribution in [0.2, 0.25) is 5.02 Å². The highest BCUT2D eigenvalue weighted by Crippen LogP contribution is 2.21. The lowest BCUT2D eigenvalue weighted by Crippen LogP contribution is -2.26. The summed E-state index contributed by atoms with van der Waals surface area (Å²) in [5.41, 5.74) is 9.08. The Hall–Kier alpha value is -1.59. The summed E-state index contributed by atoms with van der Waals surface area (Å²) in [6.07, 6.45) is 3.20. The van der Waals surface area contributed by atoms with Crippen LogP contribution in [0.5, 0.6) is 5.88 Å². The number of aryl methyl sites for hydroxylation is 2. The molecule has 0 aliphatic carbocycles. The van der Waals surface area contributed by atoms with Gasteiger partial charge in [-0.15, -0.1) is 0 Å². The van der Waals surface area contributed by atoms with E-state index in [0.29, 0.717) is 17.3 Å². The number of hydrogen-bond acceptors (Lipinski definition) is 4. The minimum Gasteiger partial charge on any atom is -0.481 e. The molecule has 0 aromatic carbocycles. The van der Waals surface area contributed by atoms with Crippen molar-refractivity contribution in [2.75, 3.05) is 7.11 Å². The van der Waals surface area contributed by atoms with E-state index in [1.54, 1.807) is 18.0 Å². The molecule has 1 unspecified atom stereocenters. The van der Waals surface area contributed by atoms with Gasteiger partial charge in [-0.05, 0) is 18.9 Å². The first-order chi connectivity index (χ1) is 9.51. The molecule has 6 heteroatoms. The fraction of sp³-hybridized carbons (Fsp3) is 0.429. The van der Waals surface area contributed by atoms with Gasteiger partial charge < -0.3 is 10.5 Å².